The van der Waals surface area contributed by atoms with E-state index in [0.717, 1.165) is 44.4 Å². The van der Waals surface area contributed by atoms with Crippen LogP contribution >= 0.6 is 0 Å². The van der Waals surface area contributed by atoms with Gasteiger partial charge in [-0.2, -0.15) is 0 Å². The van der Waals surface area contributed by atoms with Gasteiger partial charge in [-0.3, -0.25) is 4.79 Å². The van der Waals surface area contributed by atoms with Crippen molar-refractivity contribution in [2.24, 2.45) is 4.99 Å². The van der Waals surface area contributed by atoms with E-state index in [4.69, 9.17) is 4.99 Å². The molecule has 2 N–H and O–H groups in total. The first kappa shape index (κ1) is 20.4. The SMILES string of the molecule is CCNC(=NCc1ccnc(N2CCCCCC2)c1)NC1CCC(=O)N(C)C1. The quantitative estimate of drug-likeness (QED) is 0.599. The lowest BCUT2D eigenvalue weighted by Gasteiger charge is -2.31. The van der Waals surface area contributed by atoms with E-state index in [1.807, 2.05) is 19.3 Å². The minimum Gasteiger partial charge on any atom is -0.357 e. The third-order valence-electron chi connectivity index (χ3n) is 5.47. The Morgan fingerprint density at radius 2 is 2.07 bits per heavy atom. The maximum absolute atomic E-state index is 11.7. The smallest absolute Gasteiger partial charge is 0.222 e. The second-order valence-corrected chi connectivity index (χ2v) is 7.77. The molecular weight excluding hydrogens is 352 g/mol. The molecule has 0 aliphatic carbocycles. The van der Waals surface area contributed by atoms with Crippen molar-refractivity contribution in [3.8, 4) is 0 Å². The van der Waals surface area contributed by atoms with Crippen molar-refractivity contribution in [3.05, 3.63) is 23.9 Å². The Labute approximate surface area is 168 Å². The van der Waals surface area contributed by atoms with Gasteiger partial charge in [-0.1, -0.05) is 12.8 Å². The first-order valence-electron chi connectivity index (χ1n) is 10.6. The van der Waals surface area contributed by atoms with Crippen LogP contribution in [0.15, 0.2) is 23.3 Å². The van der Waals surface area contributed by atoms with Crippen LogP contribution in [0.4, 0.5) is 5.82 Å². The van der Waals surface area contributed by atoms with Crippen LogP contribution in [0, 0.1) is 0 Å². The van der Waals surface area contributed by atoms with Gasteiger partial charge in [0.15, 0.2) is 5.96 Å². The largest absolute Gasteiger partial charge is 0.357 e. The van der Waals surface area contributed by atoms with Crippen molar-refractivity contribution in [2.75, 3.05) is 38.1 Å². The van der Waals surface area contributed by atoms with E-state index in [2.05, 4.69) is 33.5 Å². The molecule has 1 aromatic rings. The number of guanidine groups is 1. The van der Waals surface area contributed by atoms with Crippen LogP contribution in [-0.4, -0.2) is 61.0 Å². The third-order valence-corrected chi connectivity index (χ3v) is 5.47. The van der Waals surface area contributed by atoms with Crippen LogP contribution < -0.4 is 15.5 Å². The Kier molecular flexibility index (Phi) is 7.51. The molecule has 1 amide bonds. The average molecular weight is 387 g/mol. The second kappa shape index (κ2) is 10.3. The van der Waals surface area contributed by atoms with Crippen LogP contribution in [0.1, 0.15) is 51.0 Å². The number of pyridine rings is 1. The number of nitrogens with one attached hydrogen (secondary N) is 2. The van der Waals surface area contributed by atoms with Gasteiger partial charge in [-0.25, -0.2) is 9.98 Å². The van der Waals surface area contributed by atoms with Crippen molar-refractivity contribution >= 4 is 17.7 Å². The second-order valence-electron chi connectivity index (χ2n) is 7.77. The highest BCUT2D eigenvalue weighted by atomic mass is 16.2. The topological polar surface area (TPSA) is 72.9 Å². The number of hydrogen-bond acceptors (Lipinski definition) is 4. The zero-order valence-corrected chi connectivity index (χ0v) is 17.3. The van der Waals surface area contributed by atoms with E-state index in [0.29, 0.717) is 13.0 Å². The Balaban J connectivity index is 1.62. The van der Waals surface area contributed by atoms with Gasteiger partial charge in [-0.05, 0) is 43.9 Å². The number of likely N-dealkylation sites (N-methyl/N-ethyl adjacent to an activating group) is 1. The van der Waals surface area contributed by atoms with E-state index in [9.17, 15) is 4.79 Å². The predicted molar refractivity (Wildman–Crippen MR) is 114 cm³/mol. The molecule has 2 aliphatic heterocycles. The van der Waals surface area contributed by atoms with Crippen LogP contribution in [0.5, 0.6) is 0 Å². The van der Waals surface area contributed by atoms with Gasteiger partial charge in [0.1, 0.15) is 5.82 Å². The van der Waals surface area contributed by atoms with E-state index in [-0.39, 0.29) is 11.9 Å². The summed E-state index contributed by atoms with van der Waals surface area (Å²) in [5.74, 6) is 2.10. The molecule has 0 radical (unpaired) electrons. The molecule has 2 fully saturated rings. The van der Waals surface area contributed by atoms with Crippen molar-refractivity contribution in [1.82, 2.24) is 20.5 Å². The molecule has 1 atom stereocenters. The molecule has 0 saturated carbocycles. The van der Waals surface area contributed by atoms with E-state index in [1.54, 1.807) is 4.90 Å². The number of carbonyl (C=O) groups is 1. The van der Waals surface area contributed by atoms with Gasteiger partial charge in [-0.15, -0.1) is 0 Å². The molecule has 2 saturated heterocycles. The van der Waals surface area contributed by atoms with Gasteiger partial charge < -0.3 is 20.4 Å². The fourth-order valence-electron chi connectivity index (χ4n) is 3.85. The lowest BCUT2D eigenvalue weighted by molar-refractivity contribution is -0.132. The predicted octanol–water partition coefficient (Wildman–Crippen LogP) is 2.14. The highest BCUT2D eigenvalue weighted by Crippen LogP contribution is 2.18. The van der Waals surface area contributed by atoms with Crippen molar-refractivity contribution < 1.29 is 4.79 Å². The molecule has 154 valence electrons. The van der Waals surface area contributed by atoms with Gasteiger partial charge in [0.25, 0.3) is 0 Å². The highest BCUT2D eigenvalue weighted by molar-refractivity contribution is 5.81. The van der Waals surface area contributed by atoms with E-state index < -0.39 is 0 Å². The average Bonchev–Trinajstić information content (AvgIpc) is 2.99. The molecule has 3 heterocycles. The lowest BCUT2D eigenvalue weighted by atomic mass is 10.1. The van der Waals surface area contributed by atoms with Gasteiger partial charge in [0, 0.05) is 51.9 Å². The van der Waals surface area contributed by atoms with Crippen LogP contribution in [0.2, 0.25) is 0 Å². The zero-order chi connectivity index (χ0) is 19.8. The summed E-state index contributed by atoms with van der Waals surface area (Å²) >= 11 is 0. The van der Waals surface area contributed by atoms with E-state index in [1.165, 1.54) is 31.2 Å². The molecule has 28 heavy (non-hydrogen) atoms. The molecule has 1 aromatic heterocycles. The number of amides is 1. The monoisotopic (exact) mass is 386 g/mol. The summed E-state index contributed by atoms with van der Waals surface area (Å²) < 4.78 is 0. The summed E-state index contributed by atoms with van der Waals surface area (Å²) in [6, 6.07) is 4.46. The lowest BCUT2D eigenvalue weighted by Crippen LogP contribution is -2.51. The number of nitrogens with zero attached hydrogens (tertiary/aromatic N) is 4. The summed E-state index contributed by atoms with van der Waals surface area (Å²) in [5, 5.41) is 6.81. The fraction of sp³-hybridized carbons (Fsp3) is 0.667. The first-order valence-corrected chi connectivity index (χ1v) is 10.6. The number of piperidine rings is 1. The summed E-state index contributed by atoms with van der Waals surface area (Å²) in [6.07, 6.45) is 8.47. The molecular formula is C21H34N6O. The molecule has 0 aromatic carbocycles. The number of likely N-dealkylation sites (tertiary alicyclic amines) is 1. The summed E-state index contributed by atoms with van der Waals surface area (Å²) in [4.78, 5) is 25.2. The van der Waals surface area contributed by atoms with Crippen LogP contribution in [-0.2, 0) is 11.3 Å². The zero-order valence-electron chi connectivity index (χ0n) is 17.3. The molecule has 0 bridgehead atoms. The van der Waals surface area contributed by atoms with Crippen LogP contribution in [0.3, 0.4) is 0 Å². The molecule has 7 heteroatoms. The summed E-state index contributed by atoms with van der Waals surface area (Å²) in [6.45, 7) is 6.40. The Morgan fingerprint density at radius 1 is 1.29 bits per heavy atom. The Hall–Kier alpha value is -2.31. The van der Waals surface area contributed by atoms with Crippen molar-refractivity contribution in [3.63, 3.8) is 0 Å². The van der Waals surface area contributed by atoms with Gasteiger partial charge in [0.05, 0.1) is 6.54 Å². The molecule has 1 unspecified atom stereocenters. The molecule has 2 aliphatic rings. The highest BCUT2D eigenvalue weighted by Gasteiger charge is 2.23. The Bertz CT molecular complexity index is 669. The van der Waals surface area contributed by atoms with Crippen molar-refractivity contribution in [2.45, 2.75) is 58.0 Å². The number of anilines is 1. The maximum atomic E-state index is 11.7. The maximum Gasteiger partial charge on any atom is 0.222 e. The van der Waals surface area contributed by atoms with Gasteiger partial charge >= 0.3 is 0 Å². The number of rotatable bonds is 5. The van der Waals surface area contributed by atoms with Gasteiger partial charge in [0.2, 0.25) is 5.91 Å². The molecule has 7 nitrogen and oxygen atoms in total. The standard InChI is InChI=1S/C21H34N6O/c1-3-22-21(25-18-8-9-20(28)26(2)16-18)24-15-17-10-11-23-19(14-17)27-12-6-4-5-7-13-27/h10-11,14,18H,3-9,12-13,15-16H2,1-2H3,(H2,22,24,25). The Morgan fingerprint density at radius 3 is 2.79 bits per heavy atom. The normalized spacial score (nSPS) is 21.4. The third kappa shape index (κ3) is 5.84. The number of carbonyl (C=O) groups excluding carboxylic acids is 1. The van der Waals surface area contributed by atoms with Crippen molar-refractivity contribution in [1.29, 1.82) is 0 Å². The molecule has 0 spiro atoms. The molecule has 3 rings (SSSR count). The summed E-state index contributed by atoms with van der Waals surface area (Å²) in [7, 11) is 1.86. The van der Waals surface area contributed by atoms with Crippen LogP contribution in [0.25, 0.3) is 0 Å². The first-order chi connectivity index (χ1) is 13.7. The number of aromatic nitrogens is 1. The number of hydrogen-bond donors (Lipinski definition) is 2. The minimum atomic E-state index is 0.220. The fourth-order valence-corrected chi connectivity index (χ4v) is 3.85. The van der Waals surface area contributed by atoms with E-state index >= 15 is 0 Å². The minimum absolute atomic E-state index is 0.220. The summed E-state index contributed by atoms with van der Waals surface area (Å²) in [5.41, 5.74) is 1.17. The number of aliphatic imine (C=N–C) groups is 1.